The first-order chi connectivity index (χ1) is 12.1. The van der Waals surface area contributed by atoms with Crippen molar-refractivity contribution >= 4 is 34.1 Å². The Bertz CT molecular complexity index is 819. The fourth-order valence-corrected chi connectivity index (χ4v) is 4.00. The number of nitrogens with one attached hydrogen (secondary N) is 1. The minimum atomic E-state index is -0.746. The molecule has 0 saturated carbocycles. The maximum absolute atomic E-state index is 12.1. The van der Waals surface area contributed by atoms with Crippen molar-refractivity contribution in [1.29, 1.82) is 0 Å². The van der Waals surface area contributed by atoms with Crippen molar-refractivity contribution in [2.45, 2.75) is 25.7 Å². The molecule has 130 valence electrons. The topological polar surface area (TPSA) is 124 Å². The van der Waals surface area contributed by atoms with Crippen LogP contribution in [0.15, 0.2) is 18.6 Å². The van der Waals surface area contributed by atoms with Gasteiger partial charge in [-0.3, -0.25) is 14.6 Å². The first kappa shape index (κ1) is 17.0. The van der Waals surface area contributed by atoms with Crippen LogP contribution in [0.3, 0.4) is 0 Å². The summed E-state index contributed by atoms with van der Waals surface area (Å²) in [6.45, 7) is -0.490. The molecule has 2 aromatic heterocycles. The summed E-state index contributed by atoms with van der Waals surface area (Å²) in [5.74, 6) is -1.85. The number of thiophene rings is 1. The zero-order chi connectivity index (χ0) is 17.8. The number of amides is 2. The highest BCUT2D eigenvalue weighted by atomic mass is 32.1. The van der Waals surface area contributed by atoms with Crippen molar-refractivity contribution < 1.29 is 19.1 Å². The zero-order valence-electron chi connectivity index (χ0n) is 13.3. The van der Waals surface area contributed by atoms with Crippen LogP contribution >= 0.6 is 11.3 Å². The minimum Gasteiger partial charge on any atom is -0.451 e. The summed E-state index contributed by atoms with van der Waals surface area (Å²) in [5, 5.41) is 3.04. The molecular weight excluding hydrogens is 344 g/mol. The smallest absolute Gasteiger partial charge is 0.359 e. The van der Waals surface area contributed by atoms with E-state index in [0.717, 1.165) is 36.1 Å². The standard InChI is InChI=1S/C16H16N4O4S/c17-14(22)13-9-3-1-2-4-11(9)25-15(13)20-12(21)8-24-16(23)10-7-18-5-6-19-10/h5-7H,1-4,8H2,(H2,17,22)(H,20,21). The van der Waals surface area contributed by atoms with E-state index in [9.17, 15) is 14.4 Å². The molecule has 0 radical (unpaired) electrons. The lowest BCUT2D eigenvalue weighted by atomic mass is 9.95. The molecule has 0 fully saturated rings. The summed E-state index contributed by atoms with van der Waals surface area (Å²) >= 11 is 1.35. The fourth-order valence-electron chi connectivity index (χ4n) is 2.69. The highest BCUT2D eigenvalue weighted by molar-refractivity contribution is 7.17. The van der Waals surface area contributed by atoms with Gasteiger partial charge in [0.1, 0.15) is 5.00 Å². The quantitative estimate of drug-likeness (QED) is 0.775. The maximum atomic E-state index is 12.1. The lowest BCUT2D eigenvalue weighted by Crippen LogP contribution is -2.23. The number of anilines is 1. The zero-order valence-corrected chi connectivity index (χ0v) is 14.1. The first-order valence-electron chi connectivity index (χ1n) is 7.73. The number of carbonyl (C=O) groups excluding carboxylic acids is 3. The number of fused-ring (bicyclic) bond motifs is 1. The van der Waals surface area contributed by atoms with E-state index in [0.29, 0.717) is 10.6 Å². The number of nitrogens with zero attached hydrogens (tertiary/aromatic N) is 2. The number of ether oxygens (including phenoxy) is 1. The van der Waals surface area contributed by atoms with Crippen molar-refractivity contribution in [2.24, 2.45) is 5.73 Å². The van der Waals surface area contributed by atoms with Crippen molar-refractivity contribution in [3.63, 3.8) is 0 Å². The second-order valence-electron chi connectivity index (χ2n) is 5.49. The van der Waals surface area contributed by atoms with Gasteiger partial charge in [-0.2, -0.15) is 0 Å². The summed E-state index contributed by atoms with van der Waals surface area (Å²) in [7, 11) is 0. The molecule has 2 amide bonds. The third-order valence-corrected chi connectivity index (χ3v) is 4.98. The van der Waals surface area contributed by atoms with Gasteiger partial charge >= 0.3 is 5.97 Å². The molecule has 2 heterocycles. The van der Waals surface area contributed by atoms with Crippen LogP contribution in [0.25, 0.3) is 0 Å². The molecule has 0 spiro atoms. The van der Waals surface area contributed by atoms with Crippen molar-refractivity contribution in [1.82, 2.24) is 9.97 Å². The molecule has 8 nitrogen and oxygen atoms in total. The third-order valence-electron chi connectivity index (χ3n) is 3.78. The Kier molecular flexibility index (Phi) is 5.03. The number of hydrogen-bond donors (Lipinski definition) is 2. The molecule has 2 aromatic rings. The van der Waals surface area contributed by atoms with E-state index in [1.54, 1.807) is 0 Å². The van der Waals surface area contributed by atoms with Crippen LogP contribution in [0.1, 0.15) is 44.1 Å². The molecule has 0 saturated heterocycles. The van der Waals surface area contributed by atoms with Crippen LogP contribution in [0.4, 0.5) is 5.00 Å². The van der Waals surface area contributed by atoms with Gasteiger partial charge in [0.25, 0.3) is 11.8 Å². The number of hydrogen-bond acceptors (Lipinski definition) is 7. The Balaban J connectivity index is 1.66. The highest BCUT2D eigenvalue weighted by Crippen LogP contribution is 2.37. The SMILES string of the molecule is NC(=O)c1c(NC(=O)COC(=O)c2cnccn2)sc2c1CCCC2. The van der Waals surface area contributed by atoms with E-state index >= 15 is 0 Å². The van der Waals surface area contributed by atoms with Gasteiger partial charge in [0, 0.05) is 17.3 Å². The molecule has 25 heavy (non-hydrogen) atoms. The molecule has 0 atom stereocenters. The maximum Gasteiger partial charge on any atom is 0.359 e. The molecule has 0 aliphatic heterocycles. The van der Waals surface area contributed by atoms with Gasteiger partial charge in [0.2, 0.25) is 0 Å². The van der Waals surface area contributed by atoms with Gasteiger partial charge in [-0.25, -0.2) is 9.78 Å². The molecular formula is C16H16N4O4S. The van der Waals surface area contributed by atoms with Gasteiger partial charge in [0.15, 0.2) is 12.3 Å². The number of carbonyl (C=O) groups is 3. The largest absolute Gasteiger partial charge is 0.451 e. The predicted molar refractivity (Wildman–Crippen MR) is 90.4 cm³/mol. The average molecular weight is 360 g/mol. The summed E-state index contributed by atoms with van der Waals surface area (Å²) in [6, 6.07) is 0. The molecule has 0 unspecified atom stereocenters. The van der Waals surface area contributed by atoms with E-state index in [1.165, 1.54) is 29.9 Å². The van der Waals surface area contributed by atoms with Crippen molar-refractivity contribution in [3.8, 4) is 0 Å². The Hall–Kier alpha value is -2.81. The Morgan fingerprint density at radius 2 is 2.04 bits per heavy atom. The molecule has 1 aliphatic carbocycles. The minimum absolute atomic E-state index is 0.0136. The number of rotatable bonds is 5. The van der Waals surface area contributed by atoms with Crippen molar-refractivity contribution in [2.75, 3.05) is 11.9 Å². The van der Waals surface area contributed by atoms with Gasteiger partial charge < -0.3 is 15.8 Å². The van der Waals surface area contributed by atoms with Gasteiger partial charge in [-0.15, -0.1) is 11.3 Å². The van der Waals surface area contributed by atoms with E-state index in [-0.39, 0.29) is 5.69 Å². The van der Waals surface area contributed by atoms with E-state index in [2.05, 4.69) is 15.3 Å². The van der Waals surface area contributed by atoms with Gasteiger partial charge in [0.05, 0.1) is 11.8 Å². The summed E-state index contributed by atoms with van der Waals surface area (Å²) < 4.78 is 4.90. The Labute approximate surface area is 147 Å². The lowest BCUT2D eigenvalue weighted by Gasteiger charge is -2.11. The number of aryl methyl sites for hydroxylation is 1. The van der Waals surface area contributed by atoms with Crippen molar-refractivity contribution in [3.05, 3.63) is 40.3 Å². The van der Waals surface area contributed by atoms with Crippen LogP contribution in [0.2, 0.25) is 0 Å². The van der Waals surface area contributed by atoms with E-state index in [4.69, 9.17) is 10.5 Å². The van der Waals surface area contributed by atoms with E-state index < -0.39 is 24.4 Å². The van der Waals surface area contributed by atoms with Gasteiger partial charge in [-0.05, 0) is 31.2 Å². The summed E-state index contributed by atoms with van der Waals surface area (Å²) in [5.41, 5.74) is 6.78. The molecule has 9 heteroatoms. The number of esters is 1. The molecule has 1 aliphatic rings. The molecule has 0 bridgehead atoms. The molecule has 3 rings (SSSR count). The number of nitrogens with two attached hydrogens (primary N) is 1. The normalized spacial score (nSPS) is 13.0. The van der Waals surface area contributed by atoms with Crippen LogP contribution in [-0.4, -0.2) is 34.4 Å². The van der Waals surface area contributed by atoms with Crippen LogP contribution in [0, 0.1) is 0 Å². The van der Waals surface area contributed by atoms with E-state index in [1.807, 2.05) is 0 Å². The fraction of sp³-hybridized carbons (Fsp3) is 0.312. The second-order valence-corrected chi connectivity index (χ2v) is 6.60. The average Bonchev–Trinajstić information content (AvgIpc) is 2.98. The summed E-state index contributed by atoms with van der Waals surface area (Å²) in [4.78, 5) is 44.2. The predicted octanol–water partition coefficient (Wildman–Crippen LogP) is 1.31. The van der Waals surface area contributed by atoms with Gasteiger partial charge in [-0.1, -0.05) is 0 Å². The Morgan fingerprint density at radius 3 is 2.76 bits per heavy atom. The molecule has 0 aromatic carbocycles. The number of primary amides is 1. The lowest BCUT2D eigenvalue weighted by molar-refractivity contribution is -0.119. The highest BCUT2D eigenvalue weighted by Gasteiger charge is 2.25. The monoisotopic (exact) mass is 360 g/mol. The molecule has 3 N–H and O–H groups in total. The van der Waals surface area contributed by atoms with Crippen LogP contribution in [-0.2, 0) is 22.4 Å². The first-order valence-corrected chi connectivity index (χ1v) is 8.55. The second kappa shape index (κ2) is 7.39. The van der Waals surface area contributed by atoms with Crippen LogP contribution < -0.4 is 11.1 Å². The number of aromatic nitrogens is 2. The third kappa shape index (κ3) is 3.82. The van der Waals surface area contributed by atoms with Crippen LogP contribution in [0.5, 0.6) is 0 Å². The summed E-state index contributed by atoms with van der Waals surface area (Å²) in [6.07, 6.45) is 7.72. The Morgan fingerprint density at radius 1 is 1.24 bits per heavy atom.